The van der Waals surface area contributed by atoms with E-state index in [2.05, 4.69) is 15.7 Å². The zero-order valence-corrected chi connectivity index (χ0v) is 17.4. The normalized spacial score (nSPS) is 10.9. The van der Waals surface area contributed by atoms with Crippen LogP contribution < -0.4 is 16.6 Å². The van der Waals surface area contributed by atoms with Crippen molar-refractivity contribution in [2.24, 2.45) is 5.84 Å². The third-order valence-corrected chi connectivity index (χ3v) is 6.27. The van der Waals surface area contributed by atoms with Gasteiger partial charge in [0.05, 0.1) is 21.2 Å². The van der Waals surface area contributed by atoms with Crippen molar-refractivity contribution in [3.8, 4) is 11.1 Å². The van der Waals surface area contributed by atoms with E-state index >= 15 is 0 Å². The van der Waals surface area contributed by atoms with Crippen LogP contribution in [0.3, 0.4) is 0 Å². The van der Waals surface area contributed by atoms with Gasteiger partial charge < -0.3 is 5.32 Å². The van der Waals surface area contributed by atoms with Gasteiger partial charge in [-0.3, -0.25) is 15.2 Å². The van der Waals surface area contributed by atoms with Crippen molar-refractivity contribution in [2.45, 2.75) is 6.54 Å². The minimum Gasteiger partial charge on any atom is -0.379 e. The van der Waals surface area contributed by atoms with E-state index in [4.69, 9.17) is 29.0 Å². The highest BCUT2D eigenvalue weighted by atomic mass is 35.5. The highest BCUT2D eigenvalue weighted by molar-refractivity contribution is 7.13. The summed E-state index contributed by atoms with van der Waals surface area (Å²) in [6.45, 7) is 0.513. The molecule has 2 aromatic heterocycles. The third-order valence-electron chi connectivity index (χ3n) is 4.55. The van der Waals surface area contributed by atoms with Crippen LogP contribution in [0, 0.1) is 0 Å². The molecule has 0 bridgehead atoms. The van der Waals surface area contributed by atoms with Crippen molar-refractivity contribution >= 4 is 57.0 Å². The lowest BCUT2D eigenvalue weighted by atomic mass is 10.1. The second-order valence-electron chi connectivity index (χ2n) is 6.30. The van der Waals surface area contributed by atoms with Crippen LogP contribution in [-0.2, 0) is 6.54 Å². The Balaban J connectivity index is 1.74. The number of benzene rings is 2. The van der Waals surface area contributed by atoms with Gasteiger partial charge in [-0.2, -0.15) is 0 Å². The summed E-state index contributed by atoms with van der Waals surface area (Å²) in [6.07, 6.45) is 1.78. The van der Waals surface area contributed by atoms with E-state index < -0.39 is 0 Å². The van der Waals surface area contributed by atoms with Crippen LogP contribution in [0.2, 0.25) is 10.0 Å². The number of fused-ring (bicyclic) bond motifs is 1. The summed E-state index contributed by atoms with van der Waals surface area (Å²) in [5.74, 6) is 5.02. The molecule has 0 fully saturated rings. The standard InChI is InChI=1S/C21H16Cl2N4OS/c22-16-6-5-12(9-17(16)23)15-11-29-20(21(28)27-24)19(15)26-10-13-7-8-25-18-4-2-1-3-14(13)18/h1-9,11,26H,10,24H2,(H,27,28). The number of pyridine rings is 1. The number of para-hydroxylation sites is 1. The summed E-state index contributed by atoms with van der Waals surface area (Å²) in [5.41, 5.74) is 6.60. The SMILES string of the molecule is NNC(=O)c1scc(-c2ccc(Cl)c(Cl)c2)c1NCc1ccnc2ccccc12. The average molecular weight is 443 g/mol. The van der Waals surface area contributed by atoms with Gasteiger partial charge in [0, 0.05) is 29.1 Å². The van der Waals surface area contributed by atoms with Crippen LogP contribution in [-0.4, -0.2) is 10.9 Å². The number of hydrogen-bond donors (Lipinski definition) is 3. The first-order chi connectivity index (χ1) is 14.1. The first-order valence-corrected chi connectivity index (χ1v) is 10.4. The monoisotopic (exact) mass is 442 g/mol. The molecule has 4 rings (SSSR count). The number of nitrogen functional groups attached to an aromatic ring is 1. The fourth-order valence-electron chi connectivity index (χ4n) is 3.14. The maximum absolute atomic E-state index is 12.3. The van der Waals surface area contributed by atoms with Gasteiger partial charge in [0.2, 0.25) is 0 Å². The quantitative estimate of drug-likeness (QED) is 0.217. The van der Waals surface area contributed by atoms with Crippen molar-refractivity contribution in [1.29, 1.82) is 0 Å². The molecule has 0 spiro atoms. The van der Waals surface area contributed by atoms with Gasteiger partial charge in [0.15, 0.2) is 0 Å². The summed E-state index contributed by atoms with van der Waals surface area (Å²) >= 11 is 13.6. The first kappa shape index (κ1) is 19.7. The van der Waals surface area contributed by atoms with Gasteiger partial charge >= 0.3 is 0 Å². The fraction of sp³-hybridized carbons (Fsp3) is 0.0476. The summed E-state index contributed by atoms with van der Waals surface area (Å²) in [7, 11) is 0. The largest absolute Gasteiger partial charge is 0.379 e. The van der Waals surface area contributed by atoms with Gasteiger partial charge in [-0.05, 0) is 35.4 Å². The predicted molar refractivity (Wildman–Crippen MR) is 120 cm³/mol. The molecule has 29 heavy (non-hydrogen) atoms. The number of hydrogen-bond acceptors (Lipinski definition) is 5. The van der Waals surface area contributed by atoms with E-state index in [0.29, 0.717) is 27.2 Å². The third kappa shape index (κ3) is 3.93. The molecular formula is C21H16Cl2N4OS. The van der Waals surface area contributed by atoms with Crippen molar-refractivity contribution in [3.63, 3.8) is 0 Å². The maximum Gasteiger partial charge on any atom is 0.277 e. The van der Waals surface area contributed by atoms with Crippen molar-refractivity contribution < 1.29 is 4.79 Å². The molecular weight excluding hydrogens is 427 g/mol. The number of aromatic nitrogens is 1. The summed E-state index contributed by atoms with van der Waals surface area (Å²) < 4.78 is 0. The molecule has 8 heteroatoms. The number of carbonyl (C=O) groups is 1. The number of amides is 1. The highest BCUT2D eigenvalue weighted by Gasteiger charge is 2.19. The Morgan fingerprint density at radius 3 is 2.72 bits per heavy atom. The van der Waals surface area contributed by atoms with E-state index in [1.807, 2.05) is 41.8 Å². The van der Waals surface area contributed by atoms with E-state index in [1.165, 1.54) is 11.3 Å². The summed E-state index contributed by atoms with van der Waals surface area (Å²) in [6, 6.07) is 15.3. The molecule has 0 radical (unpaired) electrons. The van der Waals surface area contributed by atoms with Crippen LogP contribution in [0.4, 0.5) is 5.69 Å². The molecule has 1 amide bonds. The van der Waals surface area contributed by atoms with Gasteiger partial charge in [-0.25, -0.2) is 5.84 Å². The van der Waals surface area contributed by atoms with Crippen LogP contribution >= 0.6 is 34.5 Å². The lowest BCUT2D eigenvalue weighted by molar-refractivity contribution is 0.0958. The van der Waals surface area contributed by atoms with Gasteiger partial charge in [-0.15, -0.1) is 11.3 Å². The fourth-order valence-corrected chi connectivity index (χ4v) is 4.39. The zero-order valence-electron chi connectivity index (χ0n) is 15.1. The molecule has 2 heterocycles. The van der Waals surface area contributed by atoms with E-state index in [1.54, 1.807) is 18.3 Å². The molecule has 2 aromatic carbocycles. The van der Waals surface area contributed by atoms with E-state index in [9.17, 15) is 4.79 Å². The molecule has 0 aliphatic heterocycles. The molecule has 0 aliphatic rings. The van der Waals surface area contributed by atoms with Gasteiger partial charge in [-0.1, -0.05) is 47.5 Å². The Hall–Kier alpha value is -2.64. The highest BCUT2D eigenvalue weighted by Crippen LogP contribution is 2.39. The van der Waals surface area contributed by atoms with Crippen LogP contribution in [0.15, 0.2) is 60.1 Å². The van der Waals surface area contributed by atoms with E-state index in [0.717, 1.165) is 27.6 Å². The summed E-state index contributed by atoms with van der Waals surface area (Å²) in [4.78, 5) is 17.2. The molecule has 5 nitrogen and oxygen atoms in total. The van der Waals surface area contributed by atoms with E-state index in [-0.39, 0.29) is 5.91 Å². The van der Waals surface area contributed by atoms with Crippen LogP contribution in [0.5, 0.6) is 0 Å². The number of nitrogens with one attached hydrogen (secondary N) is 2. The maximum atomic E-state index is 12.3. The lowest BCUT2D eigenvalue weighted by Crippen LogP contribution is -2.29. The Kier molecular flexibility index (Phi) is 5.69. The number of nitrogens with zero attached hydrogens (tertiary/aromatic N) is 1. The Bertz CT molecular complexity index is 1200. The zero-order chi connectivity index (χ0) is 20.4. The van der Waals surface area contributed by atoms with Crippen molar-refractivity contribution in [1.82, 2.24) is 10.4 Å². The number of nitrogens with two attached hydrogens (primary N) is 1. The number of halogens is 2. The Morgan fingerprint density at radius 1 is 1.10 bits per heavy atom. The molecule has 0 unspecified atom stereocenters. The molecule has 0 atom stereocenters. The first-order valence-electron chi connectivity index (χ1n) is 8.73. The Morgan fingerprint density at radius 2 is 1.93 bits per heavy atom. The molecule has 4 aromatic rings. The topological polar surface area (TPSA) is 80.0 Å². The smallest absolute Gasteiger partial charge is 0.277 e. The predicted octanol–water partition coefficient (Wildman–Crippen LogP) is 5.49. The number of rotatable bonds is 5. The van der Waals surface area contributed by atoms with Crippen LogP contribution in [0.25, 0.3) is 22.0 Å². The van der Waals surface area contributed by atoms with Gasteiger partial charge in [0.1, 0.15) is 4.88 Å². The second-order valence-corrected chi connectivity index (χ2v) is 7.99. The Labute approximate surface area is 181 Å². The second kappa shape index (κ2) is 8.39. The summed E-state index contributed by atoms with van der Waals surface area (Å²) in [5, 5.41) is 7.29. The molecule has 4 N–H and O–H groups in total. The number of hydrazine groups is 1. The van der Waals surface area contributed by atoms with Crippen molar-refractivity contribution in [2.75, 3.05) is 5.32 Å². The average Bonchev–Trinajstić information content (AvgIpc) is 3.17. The van der Waals surface area contributed by atoms with Gasteiger partial charge in [0.25, 0.3) is 5.91 Å². The lowest BCUT2D eigenvalue weighted by Gasteiger charge is -2.12. The molecule has 0 aliphatic carbocycles. The molecule has 0 saturated heterocycles. The number of anilines is 1. The molecule has 146 valence electrons. The number of thiophene rings is 1. The minimum atomic E-state index is -0.358. The minimum absolute atomic E-state index is 0.358. The number of carbonyl (C=O) groups excluding carboxylic acids is 1. The van der Waals surface area contributed by atoms with Crippen LogP contribution in [0.1, 0.15) is 15.2 Å². The molecule has 0 saturated carbocycles. The van der Waals surface area contributed by atoms with Crippen molar-refractivity contribution in [3.05, 3.63) is 80.6 Å².